The number of fused-ring (bicyclic) bond motifs is 1. The van der Waals surface area contributed by atoms with Crippen LogP contribution in [0.1, 0.15) is 32.1 Å². The molecule has 2 atom stereocenters. The standard InChI is InChI=1S/C11H18N2O/c12-10-7-2-1-5-9-6-3-4-8-13(9)11(10)14/h1,5,9-10H,2-4,6-8,12H2. The van der Waals surface area contributed by atoms with Crippen molar-refractivity contribution >= 4 is 5.91 Å². The molecule has 2 aliphatic rings. The summed E-state index contributed by atoms with van der Waals surface area (Å²) in [5.41, 5.74) is 5.83. The van der Waals surface area contributed by atoms with E-state index in [1.165, 1.54) is 6.42 Å². The molecule has 0 radical (unpaired) electrons. The van der Waals surface area contributed by atoms with Gasteiger partial charge in [0.05, 0.1) is 12.1 Å². The molecule has 1 fully saturated rings. The molecule has 0 aromatic carbocycles. The van der Waals surface area contributed by atoms with Gasteiger partial charge in [-0.3, -0.25) is 4.79 Å². The molecule has 0 bridgehead atoms. The number of piperidine rings is 1. The highest BCUT2D eigenvalue weighted by Crippen LogP contribution is 2.21. The highest BCUT2D eigenvalue weighted by atomic mass is 16.2. The lowest BCUT2D eigenvalue weighted by atomic mass is 9.97. The van der Waals surface area contributed by atoms with Crippen LogP contribution >= 0.6 is 0 Å². The lowest BCUT2D eigenvalue weighted by Crippen LogP contribution is -2.50. The Morgan fingerprint density at radius 1 is 1.36 bits per heavy atom. The van der Waals surface area contributed by atoms with Crippen molar-refractivity contribution in [1.29, 1.82) is 0 Å². The molecule has 78 valence electrons. The van der Waals surface area contributed by atoms with E-state index < -0.39 is 0 Å². The highest BCUT2D eigenvalue weighted by Gasteiger charge is 2.29. The Hall–Kier alpha value is -0.830. The van der Waals surface area contributed by atoms with Gasteiger partial charge in [0, 0.05) is 6.54 Å². The predicted octanol–water partition coefficient (Wildman–Crippen LogP) is 1.04. The fourth-order valence-electron chi connectivity index (χ4n) is 2.30. The number of rotatable bonds is 0. The molecule has 2 heterocycles. The van der Waals surface area contributed by atoms with Gasteiger partial charge < -0.3 is 10.6 Å². The number of amides is 1. The summed E-state index contributed by atoms with van der Waals surface area (Å²) in [6.45, 7) is 0.890. The molecule has 3 heteroatoms. The van der Waals surface area contributed by atoms with E-state index in [9.17, 15) is 4.79 Å². The third-order valence-corrected chi connectivity index (χ3v) is 3.15. The van der Waals surface area contributed by atoms with Crippen molar-refractivity contribution in [2.75, 3.05) is 6.54 Å². The van der Waals surface area contributed by atoms with Gasteiger partial charge in [0.2, 0.25) is 5.91 Å². The van der Waals surface area contributed by atoms with Crippen LogP contribution in [-0.4, -0.2) is 29.4 Å². The van der Waals surface area contributed by atoms with Crippen molar-refractivity contribution in [3.63, 3.8) is 0 Å². The molecule has 2 rings (SSSR count). The van der Waals surface area contributed by atoms with Crippen LogP contribution in [-0.2, 0) is 4.79 Å². The number of hydrogen-bond acceptors (Lipinski definition) is 2. The predicted molar refractivity (Wildman–Crippen MR) is 55.7 cm³/mol. The molecule has 0 spiro atoms. The second kappa shape index (κ2) is 4.13. The van der Waals surface area contributed by atoms with E-state index in [2.05, 4.69) is 12.2 Å². The summed E-state index contributed by atoms with van der Waals surface area (Å²) in [4.78, 5) is 13.9. The molecule has 14 heavy (non-hydrogen) atoms. The summed E-state index contributed by atoms with van der Waals surface area (Å²) in [5, 5.41) is 0. The largest absolute Gasteiger partial charge is 0.335 e. The Morgan fingerprint density at radius 2 is 2.21 bits per heavy atom. The number of hydrogen-bond donors (Lipinski definition) is 1. The van der Waals surface area contributed by atoms with E-state index in [1.54, 1.807) is 0 Å². The number of nitrogens with zero attached hydrogens (tertiary/aromatic N) is 1. The van der Waals surface area contributed by atoms with Crippen LogP contribution in [0.15, 0.2) is 12.2 Å². The van der Waals surface area contributed by atoms with E-state index >= 15 is 0 Å². The topological polar surface area (TPSA) is 46.3 Å². The monoisotopic (exact) mass is 194 g/mol. The van der Waals surface area contributed by atoms with E-state index in [0.29, 0.717) is 6.04 Å². The normalized spacial score (nSPS) is 33.5. The summed E-state index contributed by atoms with van der Waals surface area (Å²) in [6.07, 6.45) is 9.56. The maximum atomic E-state index is 11.9. The van der Waals surface area contributed by atoms with Gasteiger partial charge >= 0.3 is 0 Å². The molecular formula is C11H18N2O. The lowest BCUT2D eigenvalue weighted by molar-refractivity contribution is -0.135. The van der Waals surface area contributed by atoms with Crippen LogP contribution in [0.3, 0.4) is 0 Å². The molecule has 2 N–H and O–H groups in total. The smallest absolute Gasteiger partial charge is 0.239 e. The Kier molecular flexibility index (Phi) is 2.87. The summed E-state index contributed by atoms with van der Waals surface area (Å²) in [5.74, 6) is 0.152. The second-order valence-electron chi connectivity index (χ2n) is 4.21. The van der Waals surface area contributed by atoms with Gasteiger partial charge in [-0.25, -0.2) is 0 Å². The average molecular weight is 194 g/mol. The third-order valence-electron chi connectivity index (χ3n) is 3.15. The molecule has 2 aliphatic heterocycles. The van der Waals surface area contributed by atoms with E-state index in [4.69, 9.17) is 5.73 Å². The minimum atomic E-state index is -0.277. The lowest BCUT2D eigenvalue weighted by Gasteiger charge is -2.36. The first-order valence-corrected chi connectivity index (χ1v) is 5.52. The molecule has 0 aromatic heterocycles. The average Bonchev–Trinajstić information content (AvgIpc) is 2.22. The van der Waals surface area contributed by atoms with Crippen molar-refractivity contribution in [2.45, 2.75) is 44.2 Å². The van der Waals surface area contributed by atoms with Crippen molar-refractivity contribution in [2.24, 2.45) is 5.73 Å². The van der Waals surface area contributed by atoms with Crippen molar-refractivity contribution in [3.05, 3.63) is 12.2 Å². The second-order valence-corrected chi connectivity index (χ2v) is 4.21. The number of nitrogens with two attached hydrogens (primary N) is 1. The van der Waals surface area contributed by atoms with Crippen molar-refractivity contribution in [3.8, 4) is 0 Å². The van der Waals surface area contributed by atoms with Crippen molar-refractivity contribution < 1.29 is 4.79 Å². The Bertz CT molecular complexity index is 250. The van der Waals surface area contributed by atoms with Crippen LogP contribution in [0, 0.1) is 0 Å². The number of allylic oxidation sites excluding steroid dienone is 1. The first kappa shape index (κ1) is 9.71. The van der Waals surface area contributed by atoms with Crippen LogP contribution in [0.2, 0.25) is 0 Å². The molecule has 2 unspecified atom stereocenters. The van der Waals surface area contributed by atoms with Gasteiger partial charge in [-0.15, -0.1) is 0 Å². The summed E-state index contributed by atoms with van der Waals surface area (Å²) >= 11 is 0. The molecule has 0 saturated carbocycles. The molecule has 0 aromatic rings. The zero-order valence-corrected chi connectivity index (χ0v) is 8.48. The summed E-state index contributed by atoms with van der Waals surface area (Å²) < 4.78 is 0. The van der Waals surface area contributed by atoms with Crippen LogP contribution in [0.5, 0.6) is 0 Å². The molecule has 1 saturated heterocycles. The molecular weight excluding hydrogens is 176 g/mol. The summed E-state index contributed by atoms with van der Waals surface area (Å²) in [6, 6.07) is 0.0446. The number of carbonyl (C=O) groups is 1. The van der Waals surface area contributed by atoms with Crippen LogP contribution in [0.4, 0.5) is 0 Å². The van der Waals surface area contributed by atoms with E-state index in [1.807, 2.05) is 4.90 Å². The number of carbonyl (C=O) groups excluding carboxylic acids is 1. The maximum absolute atomic E-state index is 11.9. The summed E-state index contributed by atoms with van der Waals surface area (Å²) in [7, 11) is 0. The van der Waals surface area contributed by atoms with Gasteiger partial charge in [-0.05, 0) is 32.1 Å². The minimum absolute atomic E-state index is 0.152. The zero-order valence-electron chi connectivity index (χ0n) is 8.48. The SMILES string of the molecule is NC1CCC=CC2CCCCN2C1=O. The van der Waals surface area contributed by atoms with E-state index in [-0.39, 0.29) is 11.9 Å². The Labute approximate surface area is 84.9 Å². The Balaban J connectivity index is 2.16. The van der Waals surface area contributed by atoms with Gasteiger partial charge in [0.15, 0.2) is 0 Å². The molecule has 3 nitrogen and oxygen atoms in total. The molecule has 0 aliphatic carbocycles. The fraction of sp³-hybridized carbons (Fsp3) is 0.727. The third kappa shape index (κ3) is 1.82. The first-order chi connectivity index (χ1) is 6.79. The highest BCUT2D eigenvalue weighted by molar-refractivity contribution is 5.82. The Morgan fingerprint density at radius 3 is 3.07 bits per heavy atom. The fourth-order valence-corrected chi connectivity index (χ4v) is 2.30. The van der Waals surface area contributed by atoms with Gasteiger partial charge in [-0.2, -0.15) is 0 Å². The van der Waals surface area contributed by atoms with Crippen LogP contribution < -0.4 is 5.73 Å². The van der Waals surface area contributed by atoms with E-state index in [0.717, 1.165) is 32.2 Å². The van der Waals surface area contributed by atoms with Gasteiger partial charge in [0.1, 0.15) is 0 Å². The quantitative estimate of drug-likeness (QED) is 0.586. The zero-order chi connectivity index (χ0) is 9.97. The first-order valence-electron chi connectivity index (χ1n) is 5.52. The van der Waals surface area contributed by atoms with Crippen molar-refractivity contribution in [1.82, 2.24) is 4.90 Å². The minimum Gasteiger partial charge on any atom is -0.335 e. The molecule has 1 amide bonds. The van der Waals surface area contributed by atoms with Gasteiger partial charge in [0.25, 0.3) is 0 Å². The van der Waals surface area contributed by atoms with Gasteiger partial charge in [-0.1, -0.05) is 12.2 Å². The van der Waals surface area contributed by atoms with Crippen LogP contribution in [0.25, 0.3) is 0 Å². The maximum Gasteiger partial charge on any atom is 0.239 e.